The van der Waals surface area contributed by atoms with E-state index in [4.69, 9.17) is 4.74 Å². The van der Waals surface area contributed by atoms with Gasteiger partial charge in [0, 0.05) is 52.6 Å². The fourth-order valence-electron chi connectivity index (χ4n) is 3.92. The van der Waals surface area contributed by atoms with Crippen molar-refractivity contribution in [3.8, 4) is 10.6 Å². The fourth-order valence-corrected chi connectivity index (χ4v) is 4.74. The number of thiazole rings is 1. The summed E-state index contributed by atoms with van der Waals surface area (Å²) >= 11 is 1.25. The molecule has 0 fully saturated rings. The van der Waals surface area contributed by atoms with Crippen LogP contribution in [0.15, 0.2) is 47.8 Å². The van der Waals surface area contributed by atoms with E-state index in [0.29, 0.717) is 41.3 Å². The molecule has 31 heavy (non-hydrogen) atoms. The Morgan fingerprint density at radius 1 is 1.23 bits per heavy atom. The lowest BCUT2D eigenvalue weighted by Crippen LogP contribution is -2.36. The Bertz CT molecular complexity index is 1330. The number of esters is 1. The Hall–Kier alpha value is -3.52. The molecule has 0 saturated carbocycles. The summed E-state index contributed by atoms with van der Waals surface area (Å²) in [6.45, 7) is 0.959. The van der Waals surface area contributed by atoms with Crippen LogP contribution in [0, 0.1) is 5.82 Å². The predicted molar refractivity (Wildman–Crippen MR) is 116 cm³/mol. The summed E-state index contributed by atoms with van der Waals surface area (Å²) in [5.41, 5.74) is 4.13. The molecule has 1 N–H and O–H groups in total. The van der Waals surface area contributed by atoms with Crippen LogP contribution in [-0.2, 0) is 17.7 Å². The first-order valence-corrected chi connectivity index (χ1v) is 10.6. The van der Waals surface area contributed by atoms with Crippen LogP contribution in [-0.4, -0.2) is 40.4 Å². The van der Waals surface area contributed by atoms with Gasteiger partial charge in [-0.25, -0.2) is 14.2 Å². The highest BCUT2D eigenvalue weighted by molar-refractivity contribution is 7.13. The predicted octanol–water partition coefficient (Wildman–Crippen LogP) is 4.42. The smallest absolute Gasteiger partial charge is 0.337 e. The Kier molecular flexibility index (Phi) is 4.78. The number of benzene rings is 2. The third-order valence-electron chi connectivity index (χ3n) is 5.51. The molecule has 1 amide bonds. The molecule has 2 aromatic heterocycles. The maximum absolute atomic E-state index is 14.1. The van der Waals surface area contributed by atoms with Crippen LogP contribution in [0.2, 0.25) is 0 Å². The number of methoxy groups -OCH3 is 1. The summed E-state index contributed by atoms with van der Waals surface area (Å²) in [5.74, 6) is -0.953. The first kappa shape index (κ1) is 19.4. The first-order valence-electron chi connectivity index (χ1n) is 9.76. The summed E-state index contributed by atoms with van der Waals surface area (Å²) in [5, 5.41) is 3.05. The number of halogens is 1. The SMILES string of the molecule is COC(=O)c1ccc2[nH]c3c(c2c1)CN(C(=O)c1csc(-c2ccccc2F)n1)CC3. The van der Waals surface area contributed by atoms with Gasteiger partial charge in [0.1, 0.15) is 16.5 Å². The second kappa shape index (κ2) is 7.63. The van der Waals surface area contributed by atoms with Crippen LogP contribution in [0.1, 0.15) is 32.1 Å². The molecule has 0 radical (unpaired) electrons. The number of aromatic nitrogens is 2. The molecular formula is C23H18FN3O3S. The topological polar surface area (TPSA) is 75.3 Å². The first-order chi connectivity index (χ1) is 15.0. The van der Waals surface area contributed by atoms with E-state index in [1.165, 1.54) is 24.5 Å². The van der Waals surface area contributed by atoms with Gasteiger partial charge in [0.25, 0.3) is 5.91 Å². The zero-order chi connectivity index (χ0) is 21.5. The molecule has 0 unspecified atom stereocenters. The number of hydrogen-bond acceptors (Lipinski definition) is 5. The average Bonchev–Trinajstić information content (AvgIpc) is 3.42. The number of aromatic amines is 1. The van der Waals surface area contributed by atoms with Gasteiger partial charge in [-0.05, 0) is 30.3 Å². The molecular weight excluding hydrogens is 417 g/mol. The van der Waals surface area contributed by atoms with E-state index in [9.17, 15) is 14.0 Å². The van der Waals surface area contributed by atoms with Gasteiger partial charge < -0.3 is 14.6 Å². The Morgan fingerprint density at radius 2 is 2.06 bits per heavy atom. The van der Waals surface area contributed by atoms with E-state index in [-0.39, 0.29) is 11.7 Å². The lowest BCUT2D eigenvalue weighted by molar-refractivity contribution is 0.0600. The van der Waals surface area contributed by atoms with Crippen molar-refractivity contribution in [2.75, 3.05) is 13.7 Å². The van der Waals surface area contributed by atoms with Crippen LogP contribution < -0.4 is 0 Å². The van der Waals surface area contributed by atoms with Gasteiger partial charge in [-0.15, -0.1) is 11.3 Å². The number of amides is 1. The maximum Gasteiger partial charge on any atom is 0.337 e. The quantitative estimate of drug-likeness (QED) is 0.484. The van der Waals surface area contributed by atoms with E-state index < -0.39 is 5.97 Å². The molecule has 5 rings (SSSR count). The fraction of sp³-hybridized carbons (Fsp3) is 0.174. The number of hydrogen-bond donors (Lipinski definition) is 1. The lowest BCUT2D eigenvalue weighted by Gasteiger charge is -2.26. The average molecular weight is 435 g/mol. The van der Waals surface area contributed by atoms with Crippen molar-refractivity contribution < 1.29 is 18.7 Å². The summed E-state index contributed by atoms with van der Waals surface area (Å²) < 4.78 is 18.9. The lowest BCUT2D eigenvalue weighted by atomic mass is 10.0. The number of carbonyl (C=O) groups is 2. The molecule has 0 atom stereocenters. The van der Waals surface area contributed by atoms with Crippen LogP contribution in [0.3, 0.4) is 0 Å². The number of nitrogens with one attached hydrogen (secondary N) is 1. The van der Waals surface area contributed by atoms with Crippen LogP contribution >= 0.6 is 11.3 Å². The molecule has 3 heterocycles. The van der Waals surface area contributed by atoms with Crippen molar-refractivity contribution in [2.24, 2.45) is 0 Å². The standard InChI is InChI=1S/C23H18FN3O3S/c1-30-23(29)13-6-7-18-15(10-13)16-11-27(9-8-19(16)25-18)22(28)20-12-31-21(26-20)14-4-2-3-5-17(14)24/h2-7,10,12,25H,8-9,11H2,1H3. The number of ether oxygens (including phenoxy) is 1. The molecule has 2 aromatic carbocycles. The third kappa shape index (κ3) is 3.38. The summed E-state index contributed by atoms with van der Waals surface area (Å²) in [7, 11) is 1.35. The minimum absolute atomic E-state index is 0.192. The Balaban J connectivity index is 1.43. The van der Waals surface area contributed by atoms with E-state index in [1.807, 2.05) is 6.07 Å². The molecule has 6 nitrogen and oxygen atoms in total. The van der Waals surface area contributed by atoms with Gasteiger partial charge in [-0.3, -0.25) is 4.79 Å². The summed E-state index contributed by atoms with van der Waals surface area (Å²) in [4.78, 5) is 34.5. The number of H-pyrrole nitrogens is 1. The van der Waals surface area contributed by atoms with Crippen molar-refractivity contribution in [2.45, 2.75) is 13.0 Å². The van der Waals surface area contributed by atoms with Crippen LogP contribution in [0.5, 0.6) is 0 Å². The van der Waals surface area contributed by atoms with E-state index in [0.717, 1.165) is 22.2 Å². The van der Waals surface area contributed by atoms with Gasteiger partial charge in [0.2, 0.25) is 0 Å². The van der Waals surface area contributed by atoms with Crippen molar-refractivity contribution in [1.29, 1.82) is 0 Å². The highest BCUT2D eigenvalue weighted by atomic mass is 32.1. The molecule has 0 spiro atoms. The van der Waals surface area contributed by atoms with Crippen LogP contribution in [0.4, 0.5) is 4.39 Å². The van der Waals surface area contributed by atoms with E-state index >= 15 is 0 Å². The maximum atomic E-state index is 14.1. The largest absolute Gasteiger partial charge is 0.465 e. The van der Waals surface area contributed by atoms with Crippen LogP contribution in [0.25, 0.3) is 21.5 Å². The minimum atomic E-state index is -0.399. The van der Waals surface area contributed by atoms with Gasteiger partial charge in [-0.1, -0.05) is 12.1 Å². The van der Waals surface area contributed by atoms with Gasteiger partial charge in [0.05, 0.1) is 12.7 Å². The molecule has 0 aliphatic carbocycles. The number of fused-ring (bicyclic) bond motifs is 3. The van der Waals surface area contributed by atoms with Crippen molar-refractivity contribution in [3.05, 3.63) is 76.2 Å². The van der Waals surface area contributed by atoms with Crippen molar-refractivity contribution in [3.63, 3.8) is 0 Å². The highest BCUT2D eigenvalue weighted by Gasteiger charge is 2.27. The number of rotatable bonds is 3. The van der Waals surface area contributed by atoms with E-state index in [1.54, 1.807) is 40.6 Å². The van der Waals surface area contributed by atoms with Gasteiger partial charge >= 0.3 is 5.97 Å². The minimum Gasteiger partial charge on any atom is -0.465 e. The second-order valence-electron chi connectivity index (χ2n) is 7.33. The normalized spacial score (nSPS) is 13.3. The summed E-state index contributed by atoms with van der Waals surface area (Å²) in [6, 6.07) is 11.8. The highest BCUT2D eigenvalue weighted by Crippen LogP contribution is 2.31. The zero-order valence-corrected chi connectivity index (χ0v) is 17.5. The van der Waals surface area contributed by atoms with Gasteiger partial charge in [0.15, 0.2) is 0 Å². The Morgan fingerprint density at radius 3 is 2.87 bits per heavy atom. The molecule has 1 aliphatic rings. The molecule has 8 heteroatoms. The molecule has 1 aliphatic heterocycles. The van der Waals surface area contributed by atoms with Crippen molar-refractivity contribution in [1.82, 2.24) is 14.9 Å². The zero-order valence-electron chi connectivity index (χ0n) is 16.6. The van der Waals surface area contributed by atoms with E-state index in [2.05, 4.69) is 9.97 Å². The molecule has 156 valence electrons. The van der Waals surface area contributed by atoms with Crippen molar-refractivity contribution >= 4 is 34.1 Å². The molecule has 0 saturated heterocycles. The second-order valence-corrected chi connectivity index (χ2v) is 8.19. The molecule has 0 bridgehead atoms. The van der Waals surface area contributed by atoms with Gasteiger partial charge in [-0.2, -0.15) is 0 Å². The summed E-state index contributed by atoms with van der Waals surface area (Å²) in [6.07, 6.45) is 0.674. The monoisotopic (exact) mass is 435 g/mol. The Labute approximate surface area is 181 Å². The number of carbonyl (C=O) groups excluding carboxylic acids is 2. The third-order valence-corrected chi connectivity index (χ3v) is 6.39. The number of nitrogens with zero attached hydrogens (tertiary/aromatic N) is 2. The molecule has 4 aromatic rings.